The molecule has 3 aromatic carbocycles. The van der Waals surface area contributed by atoms with E-state index in [0.29, 0.717) is 0 Å². The van der Waals surface area contributed by atoms with Crippen molar-refractivity contribution in [2.24, 2.45) is 0 Å². The van der Waals surface area contributed by atoms with E-state index >= 15 is 4.57 Å². The van der Waals surface area contributed by atoms with Crippen LogP contribution in [0.1, 0.15) is 13.8 Å². The molecule has 3 heterocycles. The van der Waals surface area contributed by atoms with Gasteiger partial charge in [-0.25, -0.2) is 0 Å². The van der Waals surface area contributed by atoms with Crippen LogP contribution in [0.15, 0.2) is 90.8 Å². The number of rotatable bonds is 2. The number of aliphatic hydroxyl groups is 1. The molecule has 2 aliphatic rings. The number of pyridine rings is 1. The van der Waals surface area contributed by atoms with Crippen LogP contribution in [0.3, 0.4) is 0 Å². The molecule has 0 bridgehead atoms. The molecule has 207 valence electrons. The zero-order valence-electron chi connectivity index (χ0n) is 23.6. The molecule has 0 saturated heterocycles. The summed E-state index contributed by atoms with van der Waals surface area (Å²) in [6.07, 6.45) is 3.01. The zero-order valence-corrected chi connectivity index (χ0v) is 28.9. The molecule has 1 unspecified atom stereocenters. The van der Waals surface area contributed by atoms with Crippen LogP contribution in [0.25, 0.3) is 11.3 Å². The third-order valence-electron chi connectivity index (χ3n) is 7.84. The second-order valence-electron chi connectivity index (χ2n) is 11.3. The van der Waals surface area contributed by atoms with Gasteiger partial charge in [0.05, 0.1) is 21.9 Å². The fourth-order valence-corrected chi connectivity index (χ4v) is 19.7. The van der Waals surface area contributed by atoms with Gasteiger partial charge in [-0.15, -0.1) is 28.1 Å². The molecular weight excluding hydrogens is 726 g/mol. The molecule has 1 aromatic heterocycles. The molecule has 8 heteroatoms. The summed E-state index contributed by atoms with van der Waals surface area (Å²) in [7, 11) is -7.16. The number of aromatic nitrogens is 1. The number of hydrogen-bond acceptors (Lipinski definition) is 4. The van der Waals surface area contributed by atoms with Crippen LogP contribution in [-0.4, -0.2) is 32.0 Å². The number of fused-ring (bicyclic) bond motifs is 4. The quantitative estimate of drug-likeness (QED) is 0.112. The SMILES string of the molecule is CC(=O)/C=C(/C)O.C[Si]1(C)c2[c-]c(-c3ccccn3)cc3c2P(=O)(c2ccccc21)c1ccccc1[Si]3(C)C.[Ir]. The van der Waals surface area contributed by atoms with Gasteiger partial charge in [-0.3, -0.25) is 4.79 Å². The molecule has 1 N–H and O–H groups in total. The Kier molecular flexibility index (Phi) is 8.30. The van der Waals surface area contributed by atoms with Gasteiger partial charge in [0.25, 0.3) is 0 Å². The minimum atomic E-state index is -2.97. The Labute approximate surface area is 252 Å². The third kappa shape index (κ3) is 4.78. The number of allylic oxidation sites excluding steroid dienone is 2. The number of carbonyl (C=O) groups excluding carboxylic acids is 1. The van der Waals surface area contributed by atoms with Crippen molar-refractivity contribution in [3.8, 4) is 11.3 Å². The first-order chi connectivity index (χ1) is 18.4. The van der Waals surface area contributed by atoms with Gasteiger partial charge in [-0.1, -0.05) is 92.2 Å². The van der Waals surface area contributed by atoms with E-state index in [-0.39, 0.29) is 31.6 Å². The van der Waals surface area contributed by atoms with Crippen molar-refractivity contribution in [3.05, 3.63) is 96.9 Å². The minimum Gasteiger partial charge on any atom is -0.512 e. The van der Waals surface area contributed by atoms with Crippen molar-refractivity contribution in [1.82, 2.24) is 4.98 Å². The maximum atomic E-state index is 15.4. The predicted octanol–water partition coefficient (Wildman–Crippen LogP) is 3.49. The van der Waals surface area contributed by atoms with Crippen molar-refractivity contribution in [3.63, 3.8) is 0 Å². The molecule has 4 aromatic rings. The number of hydrogen-bond donors (Lipinski definition) is 1. The molecule has 0 fully saturated rings. The Morgan fingerprint density at radius 2 is 1.40 bits per heavy atom. The van der Waals surface area contributed by atoms with Crippen LogP contribution in [0, 0.1) is 6.07 Å². The fraction of sp³-hybridized carbons (Fsp3) is 0.188. The summed E-state index contributed by atoms with van der Waals surface area (Å²) in [5.74, 6) is -0.0625. The smallest absolute Gasteiger partial charge is 0.155 e. The van der Waals surface area contributed by atoms with E-state index in [9.17, 15) is 4.79 Å². The van der Waals surface area contributed by atoms with Gasteiger partial charge in [0.1, 0.15) is 7.14 Å². The molecule has 0 spiro atoms. The van der Waals surface area contributed by atoms with Gasteiger partial charge in [0, 0.05) is 43.0 Å². The third-order valence-corrected chi connectivity index (χ3v) is 18.8. The Morgan fingerprint density at radius 3 is 1.90 bits per heavy atom. The van der Waals surface area contributed by atoms with E-state index in [1.165, 1.54) is 40.7 Å². The standard InChI is InChI=1S/C27H25NOPSi2.C5H8O2.Ir/c1-31(2)23-14-7-5-12-21(23)30(29)22-13-6-8-15-24(22)32(3,4)26-18-19(17-25(31)27(26)30)20-11-9-10-16-28-20;1-4(6)3-5(2)7;/h5-17H,1-4H3;3,6H,1-2H3;/q-1;;/b;4-3-;. The zero-order chi connectivity index (χ0) is 28.2. The first kappa shape index (κ1) is 30.3. The summed E-state index contributed by atoms with van der Waals surface area (Å²) in [6.45, 7) is 12.4. The van der Waals surface area contributed by atoms with Gasteiger partial charge < -0.3 is 14.7 Å². The predicted molar refractivity (Wildman–Crippen MR) is 168 cm³/mol. The first-order valence-corrected chi connectivity index (χ1v) is 20.8. The average molecular weight is 759 g/mol. The van der Waals surface area contributed by atoms with Crippen molar-refractivity contribution in [2.75, 3.05) is 0 Å². The summed E-state index contributed by atoms with van der Waals surface area (Å²) >= 11 is 0. The van der Waals surface area contributed by atoms with Gasteiger partial charge in [0.2, 0.25) is 0 Å². The summed E-state index contributed by atoms with van der Waals surface area (Å²) < 4.78 is 15.4. The Balaban J connectivity index is 0.000000413. The van der Waals surface area contributed by atoms with Crippen LogP contribution in [0.5, 0.6) is 0 Å². The van der Waals surface area contributed by atoms with Crippen molar-refractivity contribution < 1.29 is 34.6 Å². The number of ketones is 1. The molecule has 40 heavy (non-hydrogen) atoms. The molecule has 4 nitrogen and oxygen atoms in total. The summed E-state index contributed by atoms with van der Waals surface area (Å²) in [5.41, 5.74) is 1.97. The molecule has 6 rings (SSSR count). The van der Waals surface area contributed by atoms with Crippen molar-refractivity contribution in [2.45, 2.75) is 40.0 Å². The number of nitrogens with zero attached hydrogens (tertiary/aromatic N) is 1. The van der Waals surface area contributed by atoms with Crippen molar-refractivity contribution in [1.29, 1.82) is 0 Å². The average Bonchev–Trinajstić information content (AvgIpc) is 2.91. The van der Waals surface area contributed by atoms with Crippen LogP contribution in [0.4, 0.5) is 0 Å². The normalized spacial score (nSPS) is 19.0. The van der Waals surface area contributed by atoms with Crippen LogP contribution >= 0.6 is 7.14 Å². The van der Waals surface area contributed by atoms with E-state index in [4.69, 9.17) is 5.11 Å². The van der Waals surface area contributed by atoms with Gasteiger partial charge in [-0.05, 0) is 36.0 Å². The molecule has 1 atom stereocenters. The number of carbonyl (C=O) groups is 1. The second-order valence-corrected chi connectivity index (χ2v) is 22.6. The largest absolute Gasteiger partial charge is 0.512 e. The molecule has 0 saturated carbocycles. The Morgan fingerprint density at radius 1 is 0.850 bits per heavy atom. The molecular formula is C32H33IrNO3PSi2-. The van der Waals surface area contributed by atoms with E-state index in [2.05, 4.69) is 97.9 Å². The molecule has 1 radical (unpaired) electrons. The van der Waals surface area contributed by atoms with Crippen molar-refractivity contribution >= 4 is 65.7 Å². The minimum absolute atomic E-state index is 0. The fourth-order valence-electron chi connectivity index (χ4n) is 5.99. The van der Waals surface area contributed by atoms with E-state index in [1.807, 2.05) is 18.3 Å². The van der Waals surface area contributed by atoms with Gasteiger partial charge >= 0.3 is 0 Å². The summed E-state index contributed by atoms with van der Waals surface area (Å²) in [5, 5.41) is 16.7. The van der Waals surface area contributed by atoms with E-state index in [0.717, 1.165) is 27.2 Å². The van der Waals surface area contributed by atoms with Crippen LogP contribution in [0.2, 0.25) is 26.2 Å². The molecule has 2 aliphatic heterocycles. The van der Waals surface area contributed by atoms with Crippen LogP contribution < -0.4 is 36.7 Å². The van der Waals surface area contributed by atoms with Gasteiger partial charge in [0.15, 0.2) is 5.78 Å². The summed E-state index contributed by atoms with van der Waals surface area (Å²) in [6, 6.07) is 29.1. The number of aliphatic hydroxyl groups excluding tert-OH is 1. The summed E-state index contributed by atoms with van der Waals surface area (Å²) in [4.78, 5) is 14.7. The first-order valence-electron chi connectivity index (χ1n) is 13.1. The maximum absolute atomic E-state index is 15.4. The Bertz CT molecular complexity index is 1610. The number of benzene rings is 3. The Hall–Kier alpha value is -2.67. The van der Waals surface area contributed by atoms with Gasteiger partial charge in [-0.2, -0.15) is 0 Å². The molecule has 0 amide bonds. The van der Waals surface area contributed by atoms with E-state index < -0.39 is 23.3 Å². The monoisotopic (exact) mass is 759 g/mol. The topological polar surface area (TPSA) is 67.3 Å². The molecule has 0 aliphatic carbocycles. The second kappa shape index (κ2) is 11.0. The maximum Gasteiger partial charge on any atom is 0.155 e. The van der Waals surface area contributed by atoms with Crippen LogP contribution in [-0.2, 0) is 29.5 Å². The van der Waals surface area contributed by atoms with E-state index in [1.54, 1.807) is 0 Å².